The van der Waals surface area contributed by atoms with Gasteiger partial charge in [-0.25, -0.2) is 4.90 Å². The van der Waals surface area contributed by atoms with Gasteiger partial charge in [0.1, 0.15) is 11.4 Å². The molecule has 3 aliphatic rings. The minimum absolute atomic E-state index is 0.0961. The molecule has 7 nitrogen and oxygen atoms in total. The van der Waals surface area contributed by atoms with E-state index in [1.165, 1.54) is 4.90 Å². The number of rotatable bonds is 6. The molecule has 158 valence electrons. The molecular formula is C24H22N2O5. The molecule has 3 amide bonds. The van der Waals surface area contributed by atoms with Crippen LogP contribution in [0.25, 0.3) is 0 Å². The lowest BCUT2D eigenvalue weighted by molar-refractivity contribution is -0.129. The Kier molecular flexibility index (Phi) is 4.63. The number of benzene rings is 2. The van der Waals surface area contributed by atoms with Crippen LogP contribution in [0.15, 0.2) is 66.7 Å². The van der Waals surface area contributed by atoms with Gasteiger partial charge in [-0.05, 0) is 31.2 Å². The molecule has 2 saturated heterocycles. The summed E-state index contributed by atoms with van der Waals surface area (Å²) in [7, 11) is 0. The molecule has 2 fully saturated rings. The standard InChI is InChI=1S/C24H22N2O5/c1-15-7-9-16(10-8-15)26-22(28)20-18-11-12-24(31-18,21(20)23(26)29)14-25-19(27)13-30-17-5-3-2-4-6-17/h2-12,18,20-21H,13-14H2,1H3,(H,25,27)/t18-,20+,21+,24-/m1/s1. The Morgan fingerprint density at radius 3 is 2.58 bits per heavy atom. The number of aryl methyl sites for hydroxylation is 1. The summed E-state index contributed by atoms with van der Waals surface area (Å²) in [5.74, 6) is -1.51. The molecule has 31 heavy (non-hydrogen) atoms. The summed E-state index contributed by atoms with van der Waals surface area (Å²) in [5, 5.41) is 2.80. The van der Waals surface area contributed by atoms with Gasteiger partial charge in [0.25, 0.3) is 5.91 Å². The van der Waals surface area contributed by atoms with Crippen molar-refractivity contribution in [2.75, 3.05) is 18.1 Å². The molecule has 3 heterocycles. The molecule has 0 radical (unpaired) electrons. The predicted molar refractivity (Wildman–Crippen MR) is 112 cm³/mol. The predicted octanol–water partition coefficient (Wildman–Crippen LogP) is 2.00. The van der Waals surface area contributed by atoms with Crippen molar-refractivity contribution in [3.8, 4) is 5.75 Å². The number of hydrogen-bond donors (Lipinski definition) is 1. The molecule has 2 bridgehead atoms. The Labute approximate surface area is 179 Å². The summed E-state index contributed by atoms with van der Waals surface area (Å²) in [5.41, 5.74) is 0.582. The molecule has 0 saturated carbocycles. The fraction of sp³-hybridized carbons (Fsp3) is 0.292. The average Bonchev–Trinajstić information content (AvgIpc) is 3.43. The molecule has 0 unspecified atom stereocenters. The lowest BCUT2D eigenvalue weighted by Gasteiger charge is -2.29. The van der Waals surface area contributed by atoms with E-state index in [0.29, 0.717) is 11.4 Å². The maximum absolute atomic E-state index is 13.3. The maximum Gasteiger partial charge on any atom is 0.258 e. The van der Waals surface area contributed by atoms with E-state index < -0.39 is 23.5 Å². The van der Waals surface area contributed by atoms with Crippen LogP contribution in [0.3, 0.4) is 0 Å². The van der Waals surface area contributed by atoms with Crippen LogP contribution in [-0.4, -0.2) is 42.6 Å². The second-order valence-electron chi connectivity index (χ2n) is 8.13. The molecule has 7 heteroatoms. The number of carbonyl (C=O) groups is 3. The largest absolute Gasteiger partial charge is 0.484 e. The number of amides is 3. The van der Waals surface area contributed by atoms with E-state index in [0.717, 1.165) is 5.56 Å². The highest BCUT2D eigenvalue weighted by molar-refractivity contribution is 6.23. The number of anilines is 1. The van der Waals surface area contributed by atoms with Gasteiger partial charge in [0.15, 0.2) is 6.61 Å². The Hall–Kier alpha value is -3.45. The topological polar surface area (TPSA) is 84.9 Å². The van der Waals surface area contributed by atoms with Crippen molar-refractivity contribution in [3.05, 3.63) is 72.3 Å². The molecule has 2 aromatic carbocycles. The third-order valence-corrected chi connectivity index (χ3v) is 6.12. The van der Waals surface area contributed by atoms with Crippen LogP contribution in [0.1, 0.15) is 5.56 Å². The monoisotopic (exact) mass is 418 g/mol. The van der Waals surface area contributed by atoms with Crippen LogP contribution in [0.4, 0.5) is 5.69 Å². The number of nitrogens with one attached hydrogen (secondary N) is 1. The number of carbonyl (C=O) groups excluding carboxylic acids is 3. The van der Waals surface area contributed by atoms with Gasteiger partial charge in [-0.15, -0.1) is 0 Å². The average molecular weight is 418 g/mol. The molecule has 3 aliphatic heterocycles. The van der Waals surface area contributed by atoms with Gasteiger partial charge in [-0.2, -0.15) is 0 Å². The highest BCUT2D eigenvalue weighted by Gasteiger charge is 2.67. The zero-order valence-corrected chi connectivity index (χ0v) is 17.0. The van der Waals surface area contributed by atoms with Crippen molar-refractivity contribution < 1.29 is 23.9 Å². The van der Waals surface area contributed by atoms with Crippen LogP contribution in [0.5, 0.6) is 5.75 Å². The quantitative estimate of drug-likeness (QED) is 0.573. The molecule has 1 N–H and O–H groups in total. The molecule has 0 aromatic heterocycles. The van der Waals surface area contributed by atoms with E-state index >= 15 is 0 Å². The second kappa shape index (κ2) is 7.35. The van der Waals surface area contributed by atoms with Crippen LogP contribution >= 0.6 is 0 Å². The lowest BCUT2D eigenvalue weighted by Crippen LogP contribution is -2.49. The first-order chi connectivity index (χ1) is 15.0. The first kappa shape index (κ1) is 19.5. The first-order valence-corrected chi connectivity index (χ1v) is 10.2. The number of nitrogens with zero attached hydrogens (tertiary/aromatic N) is 1. The number of ether oxygens (including phenoxy) is 2. The zero-order chi connectivity index (χ0) is 21.6. The van der Waals surface area contributed by atoms with E-state index in [9.17, 15) is 14.4 Å². The first-order valence-electron chi connectivity index (χ1n) is 10.2. The molecule has 0 spiro atoms. The van der Waals surface area contributed by atoms with E-state index in [2.05, 4.69) is 5.32 Å². The highest BCUT2D eigenvalue weighted by atomic mass is 16.5. The minimum atomic E-state index is -1.02. The smallest absolute Gasteiger partial charge is 0.258 e. The van der Waals surface area contributed by atoms with Gasteiger partial charge in [0.05, 0.1) is 30.2 Å². The Morgan fingerprint density at radius 1 is 1.10 bits per heavy atom. The van der Waals surface area contributed by atoms with Crippen molar-refractivity contribution in [3.63, 3.8) is 0 Å². The number of imide groups is 1. The Bertz CT molecular complexity index is 1070. The number of fused-ring (bicyclic) bond motifs is 5. The van der Waals surface area contributed by atoms with Crippen molar-refractivity contribution in [2.24, 2.45) is 11.8 Å². The van der Waals surface area contributed by atoms with Crippen molar-refractivity contribution in [1.82, 2.24) is 5.32 Å². The SMILES string of the molecule is Cc1ccc(N2C(=O)[C@@H]3[C@@H](C2=O)[C@]2(CNC(=O)COc4ccccc4)C=C[C@H]3O2)cc1. The third kappa shape index (κ3) is 3.21. The summed E-state index contributed by atoms with van der Waals surface area (Å²) < 4.78 is 11.5. The van der Waals surface area contributed by atoms with E-state index in [4.69, 9.17) is 9.47 Å². The van der Waals surface area contributed by atoms with Crippen LogP contribution in [0.2, 0.25) is 0 Å². The van der Waals surface area contributed by atoms with Crippen LogP contribution in [-0.2, 0) is 19.1 Å². The second-order valence-corrected chi connectivity index (χ2v) is 8.13. The summed E-state index contributed by atoms with van der Waals surface area (Å²) in [6, 6.07) is 16.3. The lowest BCUT2D eigenvalue weighted by atomic mass is 9.77. The molecular weight excluding hydrogens is 396 g/mol. The molecule has 2 aromatic rings. The van der Waals surface area contributed by atoms with Gasteiger partial charge in [0, 0.05) is 0 Å². The summed E-state index contributed by atoms with van der Waals surface area (Å²) >= 11 is 0. The van der Waals surface area contributed by atoms with Gasteiger partial charge in [-0.1, -0.05) is 48.0 Å². The highest BCUT2D eigenvalue weighted by Crippen LogP contribution is 2.52. The van der Waals surface area contributed by atoms with E-state index in [1.54, 1.807) is 30.3 Å². The zero-order valence-electron chi connectivity index (χ0n) is 17.0. The van der Waals surface area contributed by atoms with Gasteiger partial charge < -0.3 is 14.8 Å². The molecule has 5 rings (SSSR count). The van der Waals surface area contributed by atoms with Crippen molar-refractivity contribution in [1.29, 1.82) is 0 Å². The third-order valence-electron chi connectivity index (χ3n) is 6.12. The van der Waals surface area contributed by atoms with Crippen LogP contribution in [0, 0.1) is 18.8 Å². The normalized spacial score (nSPS) is 28.2. The molecule has 0 aliphatic carbocycles. The minimum Gasteiger partial charge on any atom is -0.484 e. The van der Waals surface area contributed by atoms with Crippen molar-refractivity contribution in [2.45, 2.75) is 18.6 Å². The van der Waals surface area contributed by atoms with Gasteiger partial charge >= 0.3 is 0 Å². The van der Waals surface area contributed by atoms with Gasteiger partial charge in [-0.3, -0.25) is 14.4 Å². The van der Waals surface area contributed by atoms with E-state index in [1.807, 2.05) is 43.3 Å². The summed E-state index contributed by atoms with van der Waals surface area (Å²) in [6.45, 7) is 1.89. The number of para-hydroxylation sites is 1. The fourth-order valence-corrected chi connectivity index (χ4v) is 4.61. The Balaban J connectivity index is 1.29. The summed E-state index contributed by atoms with van der Waals surface area (Å²) in [6.07, 6.45) is 3.16. The fourth-order valence-electron chi connectivity index (χ4n) is 4.61. The number of hydrogen-bond acceptors (Lipinski definition) is 5. The van der Waals surface area contributed by atoms with Gasteiger partial charge in [0.2, 0.25) is 11.8 Å². The maximum atomic E-state index is 13.3. The summed E-state index contributed by atoms with van der Waals surface area (Å²) in [4.78, 5) is 40.0. The molecule has 4 atom stereocenters. The van der Waals surface area contributed by atoms with Crippen molar-refractivity contribution >= 4 is 23.4 Å². The van der Waals surface area contributed by atoms with Crippen LogP contribution < -0.4 is 15.0 Å². The Morgan fingerprint density at radius 2 is 1.84 bits per heavy atom. The van der Waals surface area contributed by atoms with E-state index in [-0.39, 0.29) is 30.9 Å².